The smallest absolute Gasteiger partial charge is 0.392 e. The van der Waals surface area contributed by atoms with Crippen molar-refractivity contribution in [3.63, 3.8) is 0 Å². The molecule has 0 unspecified atom stereocenters. The monoisotopic (exact) mass is 454 g/mol. The van der Waals surface area contributed by atoms with Crippen molar-refractivity contribution in [1.29, 1.82) is 0 Å². The molecule has 0 fully saturated rings. The molecular weight excluding hydrogens is 449 g/mol. The number of hydrogen-bond acceptors (Lipinski definition) is 1. The Bertz CT molecular complexity index is 51.4. The van der Waals surface area contributed by atoms with Crippen molar-refractivity contribution >= 4 is 66.2 Å². The average molecular weight is 454 g/mol. The number of halogens is 3. The minimum absolute atomic E-state index is 0.848. The van der Waals surface area contributed by atoms with E-state index in [1.807, 2.05) is 6.92 Å². The molecule has 5 heteroatoms. The van der Waals surface area contributed by atoms with Crippen LogP contribution in [0.1, 0.15) is 6.92 Å². The second-order valence-corrected chi connectivity index (χ2v) is 34.3. The van der Waals surface area contributed by atoms with Crippen LogP contribution in [0.25, 0.3) is 0 Å². The van der Waals surface area contributed by atoms with Crippen LogP contribution in [0.3, 0.4) is 0 Å². The summed E-state index contributed by atoms with van der Waals surface area (Å²) < 4.78 is 4.08. The first-order chi connectivity index (χ1) is 3.06. The molecule has 0 heterocycles. The fourth-order valence-corrected chi connectivity index (χ4v) is 3.29. The molecule has 0 aromatic heterocycles. The predicted octanol–water partition coefficient (Wildman–Crippen LogP) is 2.76. The molecule has 0 amide bonds. The third-order valence-corrected chi connectivity index (χ3v) is 3.73. The van der Waals surface area contributed by atoms with Crippen molar-refractivity contribution in [1.82, 2.24) is 0 Å². The summed E-state index contributed by atoms with van der Waals surface area (Å²) in [4.78, 5) is 0. The largest absolute Gasteiger partial charge is 0.393 e. The van der Waals surface area contributed by atoms with Crippen molar-refractivity contribution in [2.75, 3.05) is 6.61 Å². The Balaban J connectivity index is 3.15. The standard InChI is InChI=1S/C2H5I3OSi/c1-2-6-7(3,4)5/h2H2,1H3. The van der Waals surface area contributed by atoms with Gasteiger partial charge in [0.25, 0.3) is 0 Å². The fraction of sp³-hybridized carbons (Fsp3) is 1.00. The lowest BCUT2D eigenvalue weighted by molar-refractivity contribution is 0.370. The van der Waals surface area contributed by atoms with Crippen molar-refractivity contribution in [2.24, 2.45) is 0 Å². The average Bonchev–Trinajstić information content (AvgIpc) is 1.30. The van der Waals surface area contributed by atoms with Gasteiger partial charge >= 0.3 is 0.807 Å². The highest BCUT2D eigenvalue weighted by molar-refractivity contribution is 14.4. The maximum Gasteiger partial charge on any atom is 0.392 e. The molecule has 0 atom stereocenters. The molecule has 0 N–H and O–H groups in total. The van der Waals surface area contributed by atoms with Gasteiger partial charge in [0.15, 0.2) is 0 Å². The fourth-order valence-electron chi connectivity index (χ4n) is 0.164. The van der Waals surface area contributed by atoms with Crippen molar-refractivity contribution in [3.05, 3.63) is 0 Å². The van der Waals surface area contributed by atoms with Crippen molar-refractivity contribution in [3.8, 4) is 0 Å². The Morgan fingerprint density at radius 3 is 1.86 bits per heavy atom. The highest BCUT2D eigenvalue weighted by Gasteiger charge is 2.21. The van der Waals surface area contributed by atoms with Crippen LogP contribution in [-0.2, 0) is 4.43 Å². The Labute approximate surface area is 82.7 Å². The second-order valence-electron chi connectivity index (χ2n) is 0.879. The zero-order valence-corrected chi connectivity index (χ0v) is 11.2. The first-order valence-corrected chi connectivity index (χ1v) is 13.0. The van der Waals surface area contributed by atoms with E-state index in [4.69, 9.17) is 4.43 Å². The molecule has 0 aromatic carbocycles. The molecule has 0 aliphatic carbocycles. The van der Waals surface area contributed by atoms with E-state index in [9.17, 15) is 0 Å². The lowest BCUT2D eigenvalue weighted by Gasteiger charge is -2.06. The normalized spacial score (nSPS) is 12.0. The van der Waals surface area contributed by atoms with Gasteiger partial charge in [-0.1, -0.05) is 65.4 Å². The third kappa shape index (κ3) is 8.37. The zero-order valence-electron chi connectivity index (χ0n) is 3.75. The van der Waals surface area contributed by atoms with Gasteiger partial charge in [-0.3, -0.25) is 0 Å². The molecule has 1 nitrogen and oxygen atoms in total. The van der Waals surface area contributed by atoms with E-state index in [0.29, 0.717) is 0 Å². The number of rotatable bonds is 2. The highest BCUT2D eigenvalue weighted by atomic mass is 127. The molecule has 0 bridgehead atoms. The summed E-state index contributed by atoms with van der Waals surface area (Å²) in [6.45, 7) is 2.87. The van der Waals surface area contributed by atoms with Crippen LogP contribution in [0, 0.1) is 0 Å². The minimum Gasteiger partial charge on any atom is -0.393 e. The van der Waals surface area contributed by atoms with Gasteiger partial charge in [-0.2, -0.15) is 0 Å². The lowest BCUT2D eigenvalue weighted by atomic mass is 10.9. The van der Waals surface area contributed by atoms with Crippen molar-refractivity contribution in [2.45, 2.75) is 6.92 Å². The van der Waals surface area contributed by atoms with Crippen LogP contribution in [0.15, 0.2) is 0 Å². The molecule has 7 heavy (non-hydrogen) atoms. The van der Waals surface area contributed by atoms with Crippen molar-refractivity contribution < 1.29 is 4.43 Å². The first-order valence-electron chi connectivity index (χ1n) is 1.77. The van der Waals surface area contributed by atoms with Crippen LogP contribution < -0.4 is 0 Å². The maximum absolute atomic E-state index is 5.33. The Kier molecular flexibility index (Phi) is 5.65. The van der Waals surface area contributed by atoms with Gasteiger partial charge in [0.2, 0.25) is 0 Å². The molecule has 0 aromatic rings. The molecule has 0 spiro atoms. The van der Waals surface area contributed by atoms with Gasteiger partial charge in [-0.25, -0.2) is 0 Å². The third-order valence-electron chi connectivity index (χ3n) is 0.308. The molecular formula is C2H5I3OSi. The molecule has 0 radical (unpaired) electrons. The summed E-state index contributed by atoms with van der Waals surface area (Å²) in [5.74, 6) is 0. The minimum atomic E-state index is -1.25. The van der Waals surface area contributed by atoms with Gasteiger partial charge in [-0.15, -0.1) is 0 Å². The summed E-state index contributed by atoms with van der Waals surface area (Å²) in [7, 11) is 0. The Morgan fingerprint density at radius 2 is 1.86 bits per heavy atom. The Hall–Kier alpha value is 2.37. The molecule has 0 aliphatic rings. The summed E-state index contributed by atoms with van der Waals surface area (Å²) >= 11 is 7.10. The quantitative estimate of drug-likeness (QED) is 0.355. The van der Waals surface area contributed by atoms with Crippen LogP contribution in [0.2, 0.25) is 0 Å². The van der Waals surface area contributed by atoms with E-state index in [1.165, 1.54) is 0 Å². The van der Waals surface area contributed by atoms with Crippen LogP contribution >= 0.6 is 65.4 Å². The van der Waals surface area contributed by atoms with Crippen LogP contribution in [0.4, 0.5) is 0 Å². The first kappa shape index (κ1) is 9.37. The summed E-state index contributed by atoms with van der Waals surface area (Å²) in [6, 6.07) is 0. The van der Waals surface area contributed by atoms with E-state index in [0.717, 1.165) is 6.61 Å². The predicted molar refractivity (Wildman–Crippen MR) is 59.4 cm³/mol. The molecule has 0 saturated heterocycles. The number of hydrogen-bond donors (Lipinski definition) is 0. The van der Waals surface area contributed by atoms with Crippen LogP contribution in [-0.4, -0.2) is 7.41 Å². The summed E-state index contributed by atoms with van der Waals surface area (Å²) in [5.41, 5.74) is 0. The SMILES string of the molecule is CCO[Si](I)(I)I. The zero-order chi connectivity index (χ0) is 5.91. The molecule has 44 valence electrons. The van der Waals surface area contributed by atoms with E-state index in [2.05, 4.69) is 65.4 Å². The van der Waals surface area contributed by atoms with E-state index in [1.54, 1.807) is 0 Å². The van der Waals surface area contributed by atoms with Crippen LogP contribution in [0.5, 0.6) is 0 Å². The molecule has 0 rings (SSSR count). The Morgan fingerprint density at radius 1 is 1.43 bits per heavy atom. The lowest BCUT2D eigenvalue weighted by Crippen LogP contribution is -2.11. The topological polar surface area (TPSA) is 9.23 Å². The second kappa shape index (κ2) is 4.23. The highest BCUT2D eigenvalue weighted by Crippen LogP contribution is 2.29. The van der Waals surface area contributed by atoms with E-state index >= 15 is 0 Å². The van der Waals surface area contributed by atoms with Gasteiger partial charge in [0.1, 0.15) is 0 Å². The van der Waals surface area contributed by atoms with Gasteiger partial charge < -0.3 is 4.43 Å². The van der Waals surface area contributed by atoms with Gasteiger partial charge in [0.05, 0.1) is 0 Å². The van der Waals surface area contributed by atoms with Gasteiger partial charge in [0, 0.05) is 6.61 Å². The summed E-state index contributed by atoms with van der Waals surface area (Å²) in [6.07, 6.45) is 0. The summed E-state index contributed by atoms with van der Waals surface area (Å²) in [5, 5.41) is 0. The van der Waals surface area contributed by atoms with E-state index in [-0.39, 0.29) is 0 Å². The molecule has 0 saturated carbocycles. The maximum atomic E-state index is 5.33. The molecule has 0 aliphatic heterocycles. The van der Waals surface area contributed by atoms with Gasteiger partial charge in [-0.05, 0) is 6.92 Å². The van der Waals surface area contributed by atoms with E-state index < -0.39 is 0.807 Å².